The number of hydrogen-bond acceptors (Lipinski definition) is 3. The van der Waals surface area contributed by atoms with E-state index < -0.39 is 0 Å². The van der Waals surface area contributed by atoms with E-state index in [4.69, 9.17) is 16.3 Å². The SMILES string of the molecule is O=C(COc1ccc(-c2ccccc2)cc1Cl)NCCc1cccnc1. The monoisotopic (exact) mass is 366 g/mol. The van der Waals surface area contributed by atoms with Crippen LogP contribution in [0.5, 0.6) is 5.75 Å². The number of benzene rings is 2. The summed E-state index contributed by atoms with van der Waals surface area (Å²) in [4.78, 5) is 16.0. The van der Waals surface area contributed by atoms with Crippen molar-refractivity contribution in [2.75, 3.05) is 13.2 Å². The van der Waals surface area contributed by atoms with E-state index in [0.29, 0.717) is 17.3 Å². The summed E-state index contributed by atoms with van der Waals surface area (Å²) in [5, 5.41) is 3.30. The van der Waals surface area contributed by atoms with Crippen LogP contribution < -0.4 is 10.1 Å². The van der Waals surface area contributed by atoms with Gasteiger partial charge in [0.2, 0.25) is 0 Å². The standard InChI is InChI=1S/C21H19ClN2O2/c22-19-13-18(17-6-2-1-3-7-17)8-9-20(19)26-15-21(25)24-12-10-16-5-4-11-23-14-16/h1-9,11,13-14H,10,12,15H2,(H,24,25). The largest absolute Gasteiger partial charge is 0.482 e. The van der Waals surface area contributed by atoms with Crippen molar-refractivity contribution < 1.29 is 9.53 Å². The number of nitrogens with zero attached hydrogens (tertiary/aromatic N) is 1. The second-order valence-corrected chi connectivity index (χ2v) is 6.17. The number of halogens is 1. The van der Waals surface area contributed by atoms with Gasteiger partial charge in [-0.2, -0.15) is 0 Å². The summed E-state index contributed by atoms with van der Waals surface area (Å²) in [7, 11) is 0. The molecule has 0 aliphatic heterocycles. The van der Waals surface area contributed by atoms with E-state index in [1.807, 2.05) is 54.6 Å². The minimum absolute atomic E-state index is 0.0720. The van der Waals surface area contributed by atoms with E-state index in [9.17, 15) is 4.79 Å². The maximum absolute atomic E-state index is 11.9. The number of pyridine rings is 1. The lowest BCUT2D eigenvalue weighted by Crippen LogP contribution is -2.30. The van der Waals surface area contributed by atoms with E-state index in [0.717, 1.165) is 23.1 Å². The van der Waals surface area contributed by atoms with Gasteiger partial charge >= 0.3 is 0 Å². The number of amides is 1. The first-order valence-corrected chi connectivity index (χ1v) is 8.73. The van der Waals surface area contributed by atoms with Gasteiger partial charge in [-0.1, -0.05) is 54.1 Å². The zero-order valence-corrected chi connectivity index (χ0v) is 14.9. The van der Waals surface area contributed by atoms with Crippen LogP contribution in [0.2, 0.25) is 5.02 Å². The van der Waals surface area contributed by atoms with E-state index in [-0.39, 0.29) is 12.5 Å². The maximum Gasteiger partial charge on any atom is 0.257 e. The predicted molar refractivity (Wildman–Crippen MR) is 103 cm³/mol. The molecule has 2 aromatic carbocycles. The first-order chi connectivity index (χ1) is 12.7. The molecule has 1 heterocycles. The van der Waals surface area contributed by atoms with Crippen LogP contribution in [-0.4, -0.2) is 24.0 Å². The third kappa shape index (κ3) is 5.07. The molecule has 0 saturated heterocycles. The van der Waals surface area contributed by atoms with Gasteiger partial charge in [-0.05, 0) is 41.3 Å². The molecule has 0 radical (unpaired) electrons. The summed E-state index contributed by atoms with van der Waals surface area (Å²) in [6, 6.07) is 19.4. The fraction of sp³-hybridized carbons (Fsp3) is 0.143. The van der Waals surface area contributed by atoms with Gasteiger partial charge in [-0.15, -0.1) is 0 Å². The van der Waals surface area contributed by atoms with E-state index in [1.165, 1.54) is 0 Å². The van der Waals surface area contributed by atoms with Gasteiger partial charge in [0, 0.05) is 18.9 Å². The van der Waals surface area contributed by atoms with Crippen molar-refractivity contribution in [1.29, 1.82) is 0 Å². The Balaban J connectivity index is 1.49. The summed E-state index contributed by atoms with van der Waals surface area (Å²) in [5.41, 5.74) is 3.16. The fourth-order valence-corrected chi connectivity index (χ4v) is 2.75. The van der Waals surface area contributed by atoms with Crippen molar-refractivity contribution in [2.24, 2.45) is 0 Å². The van der Waals surface area contributed by atoms with Crippen molar-refractivity contribution in [3.8, 4) is 16.9 Å². The second-order valence-electron chi connectivity index (χ2n) is 5.76. The third-order valence-corrected chi connectivity index (χ3v) is 4.15. The van der Waals surface area contributed by atoms with Crippen molar-refractivity contribution in [1.82, 2.24) is 10.3 Å². The summed E-state index contributed by atoms with van der Waals surface area (Å²) in [5.74, 6) is 0.311. The molecule has 5 heteroatoms. The van der Waals surface area contributed by atoms with Gasteiger partial charge in [0.15, 0.2) is 6.61 Å². The normalized spacial score (nSPS) is 10.3. The van der Waals surface area contributed by atoms with Gasteiger partial charge in [-0.25, -0.2) is 0 Å². The smallest absolute Gasteiger partial charge is 0.257 e. The first-order valence-electron chi connectivity index (χ1n) is 8.36. The quantitative estimate of drug-likeness (QED) is 0.683. The topological polar surface area (TPSA) is 51.2 Å². The van der Waals surface area contributed by atoms with Crippen LogP contribution in [0.25, 0.3) is 11.1 Å². The molecule has 0 aliphatic rings. The highest BCUT2D eigenvalue weighted by Crippen LogP contribution is 2.30. The zero-order valence-electron chi connectivity index (χ0n) is 14.2. The molecule has 4 nitrogen and oxygen atoms in total. The lowest BCUT2D eigenvalue weighted by Gasteiger charge is -2.10. The van der Waals surface area contributed by atoms with Crippen molar-refractivity contribution in [2.45, 2.75) is 6.42 Å². The highest BCUT2D eigenvalue weighted by Gasteiger charge is 2.07. The zero-order chi connectivity index (χ0) is 18.2. The molecule has 0 fully saturated rings. The number of aromatic nitrogens is 1. The molecule has 3 aromatic rings. The van der Waals surface area contributed by atoms with Gasteiger partial charge in [0.05, 0.1) is 5.02 Å². The average molecular weight is 367 g/mol. The van der Waals surface area contributed by atoms with Crippen LogP contribution in [-0.2, 0) is 11.2 Å². The number of rotatable bonds is 7. The molecular formula is C21H19ClN2O2. The minimum atomic E-state index is -0.183. The van der Waals surface area contributed by atoms with Crippen LogP contribution in [0.15, 0.2) is 73.1 Å². The molecule has 0 spiro atoms. The lowest BCUT2D eigenvalue weighted by molar-refractivity contribution is -0.123. The van der Waals surface area contributed by atoms with Gasteiger partial charge < -0.3 is 10.1 Å². The van der Waals surface area contributed by atoms with E-state index in [2.05, 4.69) is 10.3 Å². The lowest BCUT2D eigenvalue weighted by atomic mass is 10.1. The van der Waals surface area contributed by atoms with Gasteiger partial charge in [-0.3, -0.25) is 9.78 Å². The summed E-state index contributed by atoms with van der Waals surface area (Å²) < 4.78 is 5.54. The Hall–Kier alpha value is -2.85. The van der Waals surface area contributed by atoms with Crippen LogP contribution in [0, 0.1) is 0 Å². The Bertz CT molecular complexity index is 854. The molecule has 1 aromatic heterocycles. The molecule has 26 heavy (non-hydrogen) atoms. The maximum atomic E-state index is 11.9. The van der Waals surface area contributed by atoms with Crippen LogP contribution in [0.3, 0.4) is 0 Å². The summed E-state index contributed by atoms with van der Waals surface area (Å²) in [6.07, 6.45) is 4.24. The number of hydrogen-bond donors (Lipinski definition) is 1. The molecule has 0 atom stereocenters. The Kier molecular flexibility index (Phi) is 6.23. The van der Waals surface area contributed by atoms with Gasteiger partial charge in [0.1, 0.15) is 5.75 Å². The summed E-state index contributed by atoms with van der Waals surface area (Å²) >= 11 is 6.28. The molecule has 0 unspecified atom stereocenters. The first kappa shape index (κ1) is 18.0. The molecule has 0 saturated carbocycles. The van der Waals surface area contributed by atoms with Crippen LogP contribution in [0.1, 0.15) is 5.56 Å². The molecule has 132 valence electrons. The predicted octanol–water partition coefficient (Wildman–Crippen LogP) is 4.14. The Morgan fingerprint density at radius 2 is 1.88 bits per heavy atom. The molecular weight excluding hydrogens is 348 g/mol. The Labute approximate surface area is 157 Å². The van der Waals surface area contributed by atoms with Crippen molar-refractivity contribution in [3.63, 3.8) is 0 Å². The Morgan fingerprint density at radius 1 is 1.04 bits per heavy atom. The van der Waals surface area contributed by atoms with Crippen LogP contribution >= 0.6 is 11.6 Å². The fourth-order valence-electron chi connectivity index (χ4n) is 2.51. The molecule has 0 bridgehead atoms. The van der Waals surface area contributed by atoms with Crippen molar-refractivity contribution in [3.05, 3.63) is 83.6 Å². The Morgan fingerprint density at radius 3 is 2.62 bits per heavy atom. The summed E-state index contributed by atoms with van der Waals surface area (Å²) in [6.45, 7) is 0.464. The molecule has 0 aliphatic carbocycles. The van der Waals surface area contributed by atoms with Crippen molar-refractivity contribution >= 4 is 17.5 Å². The number of nitrogens with one attached hydrogen (secondary N) is 1. The third-order valence-electron chi connectivity index (χ3n) is 3.86. The number of ether oxygens (including phenoxy) is 1. The number of carbonyl (C=O) groups excluding carboxylic acids is 1. The highest BCUT2D eigenvalue weighted by atomic mass is 35.5. The van der Waals surface area contributed by atoms with Crippen LogP contribution in [0.4, 0.5) is 0 Å². The minimum Gasteiger partial charge on any atom is -0.482 e. The molecule has 1 N–H and O–H groups in total. The second kappa shape index (κ2) is 9.02. The number of carbonyl (C=O) groups is 1. The molecule has 3 rings (SSSR count). The van der Waals surface area contributed by atoms with E-state index in [1.54, 1.807) is 18.5 Å². The average Bonchev–Trinajstić information content (AvgIpc) is 2.68. The van der Waals surface area contributed by atoms with Gasteiger partial charge in [0.25, 0.3) is 5.91 Å². The molecule has 1 amide bonds. The highest BCUT2D eigenvalue weighted by molar-refractivity contribution is 6.32. The van der Waals surface area contributed by atoms with E-state index >= 15 is 0 Å².